The Bertz CT molecular complexity index is 1240. The van der Waals surface area contributed by atoms with E-state index in [1.54, 1.807) is 12.2 Å². The third-order valence-electron chi connectivity index (χ3n) is 8.64. The predicted octanol–water partition coefficient (Wildman–Crippen LogP) is 5.57. The molecular weight excluding hydrogens is 440 g/mol. The molecule has 3 aliphatic carbocycles. The Hall–Kier alpha value is -2.92. The molecule has 34 heavy (non-hydrogen) atoms. The third kappa shape index (κ3) is 3.24. The molecular formula is C29H32O4Si. The van der Waals surface area contributed by atoms with Crippen molar-refractivity contribution in [2.45, 2.75) is 51.2 Å². The largest absolute Gasteiger partial charge is 0.512 e. The van der Waals surface area contributed by atoms with Crippen LogP contribution in [0.2, 0.25) is 18.1 Å². The van der Waals surface area contributed by atoms with Gasteiger partial charge in [0.1, 0.15) is 11.5 Å². The van der Waals surface area contributed by atoms with Crippen molar-refractivity contribution in [3.63, 3.8) is 0 Å². The molecule has 0 fully saturated rings. The van der Waals surface area contributed by atoms with Crippen LogP contribution in [0.3, 0.4) is 0 Å². The number of benzene rings is 2. The minimum Gasteiger partial charge on any atom is -0.512 e. The van der Waals surface area contributed by atoms with Crippen LogP contribution in [0.15, 0.2) is 60.4 Å². The molecule has 3 unspecified atom stereocenters. The second-order valence-corrected chi connectivity index (χ2v) is 15.7. The lowest BCUT2D eigenvalue weighted by atomic mass is 9.67. The average Bonchev–Trinajstić information content (AvgIpc) is 2.82. The van der Waals surface area contributed by atoms with Gasteiger partial charge >= 0.3 is 0 Å². The Morgan fingerprint density at radius 2 is 1.85 bits per heavy atom. The van der Waals surface area contributed by atoms with Crippen molar-refractivity contribution in [2.75, 3.05) is 6.61 Å². The smallest absolute Gasteiger partial charge is 0.178 e. The van der Waals surface area contributed by atoms with E-state index in [0.29, 0.717) is 23.5 Å². The Balaban J connectivity index is 1.65. The van der Waals surface area contributed by atoms with Crippen LogP contribution in [0.1, 0.15) is 52.1 Å². The number of carbonyl (C=O) groups is 2. The SMILES string of the molecule is CCOc1cc2c(c3c1C(=O)C1C(O)=CC=CC1C3=O)CCC(C)([Si](C)(C)c1ccccc1)C2. The summed E-state index contributed by atoms with van der Waals surface area (Å²) >= 11 is 0. The molecule has 0 radical (unpaired) electrons. The third-order valence-corrected chi connectivity index (χ3v) is 13.9. The van der Waals surface area contributed by atoms with E-state index in [-0.39, 0.29) is 22.4 Å². The number of Topliss-reactive ketones (excluding diaryl/α,β-unsaturated/α-hetero) is 2. The fourth-order valence-electron chi connectivity index (χ4n) is 6.16. The molecule has 176 valence electrons. The van der Waals surface area contributed by atoms with Crippen LogP contribution in [-0.2, 0) is 12.8 Å². The summed E-state index contributed by atoms with van der Waals surface area (Å²) in [4.78, 5) is 27.4. The molecule has 0 saturated heterocycles. The molecule has 5 rings (SSSR count). The summed E-state index contributed by atoms with van der Waals surface area (Å²) in [5.41, 5.74) is 3.04. The van der Waals surface area contributed by atoms with E-state index in [1.165, 1.54) is 11.3 Å². The van der Waals surface area contributed by atoms with Gasteiger partial charge < -0.3 is 9.84 Å². The van der Waals surface area contributed by atoms with Crippen molar-refractivity contribution in [3.8, 4) is 5.75 Å². The molecule has 0 amide bonds. The summed E-state index contributed by atoms with van der Waals surface area (Å²) in [6, 6.07) is 12.8. The normalized spacial score (nSPS) is 25.8. The van der Waals surface area contributed by atoms with Gasteiger partial charge in [-0.1, -0.05) is 67.7 Å². The van der Waals surface area contributed by atoms with Crippen molar-refractivity contribution in [2.24, 2.45) is 11.8 Å². The number of rotatable bonds is 4. The summed E-state index contributed by atoms with van der Waals surface area (Å²) in [5, 5.41) is 12.0. The van der Waals surface area contributed by atoms with E-state index in [1.807, 2.05) is 13.0 Å². The van der Waals surface area contributed by atoms with E-state index in [9.17, 15) is 14.7 Å². The quantitative estimate of drug-likeness (QED) is 0.591. The molecule has 2 aromatic rings. The summed E-state index contributed by atoms with van der Waals surface area (Å²) in [7, 11) is -1.85. The Kier molecular flexibility index (Phi) is 5.43. The molecule has 3 atom stereocenters. The molecule has 0 bridgehead atoms. The van der Waals surface area contributed by atoms with E-state index in [0.717, 1.165) is 30.4 Å². The maximum absolute atomic E-state index is 13.8. The number of hydrogen-bond acceptors (Lipinski definition) is 4. The van der Waals surface area contributed by atoms with Gasteiger partial charge in [0.15, 0.2) is 11.6 Å². The van der Waals surface area contributed by atoms with E-state index >= 15 is 0 Å². The zero-order valence-electron chi connectivity index (χ0n) is 20.4. The molecule has 4 nitrogen and oxygen atoms in total. The molecule has 0 saturated carbocycles. The van der Waals surface area contributed by atoms with Crippen LogP contribution in [0.25, 0.3) is 0 Å². The fourth-order valence-corrected chi connectivity index (χ4v) is 9.26. The van der Waals surface area contributed by atoms with E-state index in [2.05, 4.69) is 50.3 Å². The first-order chi connectivity index (χ1) is 16.2. The highest BCUT2D eigenvalue weighted by atomic mass is 28.3. The Morgan fingerprint density at radius 3 is 2.56 bits per heavy atom. The minimum atomic E-state index is -1.85. The topological polar surface area (TPSA) is 63.6 Å². The van der Waals surface area contributed by atoms with Gasteiger partial charge in [0, 0.05) is 5.56 Å². The summed E-state index contributed by atoms with van der Waals surface area (Å²) < 4.78 is 5.96. The van der Waals surface area contributed by atoms with Crippen LogP contribution in [0.4, 0.5) is 0 Å². The van der Waals surface area contributed by atoms with E-state index in [4.69, 9.17) is 4.74 Å². The minimum absolute atomic E-state index is 0.0418. The van der Waals surface area contributed by atoms with Crippen molar-refractivity contribution in [3.05, 3.63) is 82.6 Å². The molecule has 0 aliphatic heterocycles. The zero-order chi connectivity index (χ0) is 24.3. The molecule has 0 heterocycles. The van der Waals surface area contributed by atoms with Crippen molar-refractivity contribution >= 4 is 24.8 Å². The first-order valence-electron chi connectivity index (χ1n) is 12.2. The highest BCUT2D eigenvalue weighted by Gasteiger charge is 2.50. The van der Waals surface area contributed by atoms with Gasteiger partial charge in [0.25, 0.3) is 0 Å². The van der Waals surface area contributed by atoms with Gasteiger partial charge in [0.2, 0.25) is 0 Å². The van der Waals surface area contributed by atoms with Gasteiger partial charge in [-0.05, 0) is 54.5 Å². The highest BCUT2D eigenvalue weighted by Crippen LogP contribution is 2.52. The maximum atomic E-state index is 13.8. The number of carbonyl (C=O) groups excluding carboxylic acids is 2. The van der Waals surface area contributed by atoms with Gasteiger partial charge in [-0.15, -0.1) is 0 Å². The molecule has 1 N–H and O–H groups in total. The average molecular weight is 473 g/mol. The van der Waals surface area contributed by atoms with Gasteiger partial charge in [-0.2, -0.15) is 0 Å². The summed E-state index contributed by atoms with van der Waals surface area (Å²) in [6.45, 7) is 9.57. The van der Waals surface area contributed by atoms with Crippen LogP contribution >= 0.6 is 0 Å². The summed E-state index contributed by atoms with van der Waals surface area (Å²) in [6.07, 6.45) is 7.55. The van der Waals surface area contributed by atoms with Crippen LogP contribution in [0, 0.1) is 11.8 Å². The predicted molar refractivity (Wildman–Crippen MR) is 137 cm³/mol. The molecule has 0 aromatic heterocycles. The molecule has 2 aromatic carbocycles. The molecule has 3 aliphatic rings. The van der Waals surface area contributed by atoms with Crippen LogP contribution in [0.5, 0.6) is 5.75 Å². The Labute approximate surface area is 202 Å². The van der Waals surface area contributed by atoms with Crippen LogP contribution in [-0.4, -0.2) is 31.4 Å². The number of ketones is 2. The highest BCUT2D eigenvalue weighted by molar-refractivity contribution is 6.92. The number of fused-ring (bicyclic) bond motifs is 4. The number of ether oxygens (including phenoxy) is 1. The van der Waals surface area contributed by atoms with Gasteiger partial charge in [-0.3, -0.25) is 9.59 Å². The molecule has 0 spiro atoms. The van der Waals surface area contributed by atoms with Crippen molar-refractivity contribution in [1.82, 2.24) is 0 Å². The second kappa shape index (κ2) is 8.09. The van der Waals surface area contributed by atoms with Crippen molar-refractivity contribution in [1.29, 1.82) is 0 Å². The van der Waals surface area contributed by atoms with E-state index < -0.39 is 19.9 Å². The fraction of sp³-hybridized carbons (Fsp3) is 0.379. The lowest BCUT2D eigenvalue weighted by Gasteiger charge is -2.47. The van der Waals surface area contributed by atoms with Crippen LogP contribution < -0.4 is 9.92 Å². The summed E-state index contributed by atoms with van der Waals surface area (Å²) in [5.74, 6) is -1.33. The van der Waals surface area contributed by atoms with Gasteiger partial charge in [0.05, 0.1) is 32.1 Å². The van der Waals surface area contributed by atoms with Crippen molar-refractivity contribution < 1.29 is 19.4 Å². The monoisotopic (exact) mass is 472 g/mol. The number of aliphatic hydroxyl groups is 1. The maximum Gasteiger partial charge on any atom is 0.178 e. The standard InChI is InChI=1S/C29H32O4Si/c1-5-33-23-16-18-17-29(2,34(3,4)19-10-7-6-8-11-19)15-14-20(18)25-26(23)28(32)24-21(27(25)31)12-9-13-22(24)30/h6-13,16,21,24,30H,5,14-15,17H2,1-4H3. The number of aliphatic hydroxyl groups excluding tert-OH is 1. The lowest BCUT2D eigenvalue weighted by Crippen LogP contribution is -2.54. The van der Waals surface area contributed by atoms with Gasteiger partial charge in [-0.25, -0.2) is 0 Å². The zero-order valence-corrected chi connectivity index (χ0v) is 21.4. The number of allylic oxidation sites excluding steroid dienone is 4. The number of hydrogen-bond donors (Lipinski definition) is 1. The lowest BCUT2D eigenvalue weighted by molar-refractivity contribution is 0.0753. The first-order valence-corrected chi connectivity index (χ1v) is 15.2. The first kappa shape index (κ1) is 22.8. The molecule has 5 heteroatoms. The second-order valence-electron chi connectivity index (χ2n) is 10.6. The Morgan fingerprint density at radius 1 is 1.12 bits per heavy atom.